The molecular weight excluding hydrogens is 1690 g/mol. The van der Waals surface area contributed by atoms with Gasteiger partial charge in [0, 0.05) is 62.3 Å². The van der Waals surface area contributed by atoms with Crippen LogP contribution < -0.4 is 32.6 Å². The minimum absolute atomic E-state index is 0.000220. The fourth-order valence-corrected chi connectivity index (χ4v) is 17.4. The number of rotatable bonds is 20. The first-order valence-electron chi connectivity index (χ1n) is 39.8. The Balaban J connectivity index is 0.000000140. The number of fused-ring (bicyclic) bond motifs is 4. The average molecular weight is 1780 g/mol. The molecule has 0 spiro atoms. The summed E-state index contributed by atoms with van der Waals surface area (Å²) < 4.78 is 67.0. The number of imidazole rings is 4. The van der Waals surface area contributed by atoms with Crippen molar-refractivity contribution in [2.45, 2.75) is 83.9 Å². The lowest BCUT2D eigenvalue weighted by Gasteiger charge is -2.12. The molecule has 646 valence electrons. The second-order valence-electron chi connectivity index (χ2n) is 29.2. The third-order valence-electron chi connectivity index (χ3n) is 19.9. The zero-order valence-electron chi connectivity index (χ0n) is 70.4. The van der Waals surface area contributed by atoms with Crippen molar-refractivity contribution in [3.05, 3.63) is 373 Å². The summed E-state index contributed by atoms with van der Waals surface area (Å²) in [6.07, 6.45) is 0.465. The number of hydrogen-bond acceptors (Lipinski definition) is 20. The summed E-state index contributed by atoms with van der Waals surface area (Å²) in [7, 11) is -7.34. The first-order valence-corrected chi connectivity index (χ1v) is 43.7. The summed E-state index contributed by atoms with van der Waals surface area (Å²) in [4.78, 5) is 61.9. The molecule has 0 saturated heterocycles. The number of nitrogen functional groups attached to an aromatic ring is 3. The van der Waals surface area contributed by atoms with E-state index in [0.717, 1.165) is 96.3 Å². The number of nitrogens with zero attached hydrogens (tertiary/aromatic N) is 10. The molecule has 0 bridgehead atoms. The number of benzene rings is 13. The molecule has 4 heterocycles. The second kappa shape index (κ2) is 41.0. The van der Waals surface area contributed by atoms with Crippen LogP contribution in [0.1, 0.15) is 59.4 Å². The Morgan fingerprint density at radius 3 is 1.38 bits per heavy atom. The van der Waals surface area contributed by atoms with Gasteiger partial charge in [-0.1, -0.05) is 138 Å². The number of ether oxygens (including phenoxy) is 1. The van der Waals surface area contributed by atoms with Gasteiger partial charge in [-0.3, -0.25) is 48.2 Å². The molecule has 0 amide bonds. The molecule has 17 rings (SSSR count). The Morgan fingerprint density at radius 1 is 0.441 bits per heavy atom. The maximum absolute atomic E-state index is 12.9. The van der Waals surface area contributed by atoms with Crippen LogP contribution in [-0.2, 0) is 52.9 Å². The van der Waals surface area contributed by atoms with Crippen molar-refractivity contribution in [1.29, 1.82) is 0 Å². The molecule has 127 heavy (non-hydrogen) atoms. The molecule has 0 atom stereocenters. The van der Waals surface area contributed by atoms with Crippen LogP contribution in [0.5, 0.6) is 0 Å². The number of carbonyl (C=O) groups is 2. The quantitative estimate of drug-likeness (QED) is 0.0179. The predicted octanol–water partition coefficient (Wildman–Crippen LogP) is 21.2. The number of nitrogens with two attached hydrogens (primary N) is 3. The van der Waals surface area contributed by atoms with E-state index < -0.39 is 29.7 Å². The third kappa shape index (κ3) is 22.9. The van der Waals surface area contributed by atoms with Crippen molar-refractivity contribution in [2.24, 2.45) is 0 Å². The topological polar surface area (TPSA) is 383 Å². The number of sulfonamides is 1. The number of hydrogen-bond donors (Lipinski definition) is 6. The number of carbonyl (C=O) groups excluding carboxylic acids is 2. The standard InChI is InChI=1S/C22H19ClN2O2S.C19H20ClN3O4S.C17H16N2O.C14H13N3.C12H9N3O4.C12H13N3/c1-15-19(23)9-6-10-22(15)28(26,27)14-17-11-12-21-20(13-17)24-16(2)25(21)18-7-4-3-5-8-18;1-4-27-19(24)11-23-13(3)21-16-9-8-14(10-17(16)23)22-28(25,26)18-7-5-6-15(20)12(18)2;1-12(20)10-14-8-9-17-16(11-14)18-13(2)19(17)15-6-4-3-5-7-15;1-10-16-13-9-11(15)7-8-14(13)17(10)12-5-3-2-4-6-12;16-14(17)10-6-7-11(12(8-10)15(18)19)13-9-4-2-1-3-5-9;13-9-6-7-12(11(14)8-9)15-10-4-2-1-3-5-10/h3-13H,14H2,1-2H3;5-10,22H,4,11H2,1-3H3;3-9,11H,10H2,1-2H3;2-9H,15H2,1H3;1-8,13H;1-8,15H,13-14H2. The highest BCUT2D eigenvalue weighted by Crippen LogP contribution is 2.35. The Morgan fingerprint density at radius 2 is 0.882 bits per heavy atom. The lowest BCUT2D eigenvalue weighted by molar-refractivity contribution is -0.393. The van der Waals surface area contributed by atoms with E-state index in [4.69, 9.17) is 45.1 Å². The van der Waals surface area contributed by atoms with Gasteiger partial charge in [-0.25, -0.2) is 36.8 Å². The maximum atomic E-state index is 12.9. The summed E-state index contributed by atoms with van der Waals surface area (Å²) in [5.74, 6) is 3.10. The molecule has 13 aromatic carbocycles. The SMILES string of the molecule is CC(=O)Cc1ccc2c(c1)nc(C)n2-c1ccccc1.CCOC(=O)Cn1c(C)nc2ccc(NS(=O)(=O)c3cccc(Cl)c3C)cc21.Cc1c(Cl)cccc1S(=O)(=O)Cc1ccc2c(c1)nc(C)n2-c1ccccc1.Cc1nc2cc(N)ccc2n1-c1ccccc1.Nc1ccc(Nc2ccccc2)c(N)c1.O=[N+]([O-])c1ccc(Nc2ccccc2)c([N+](=O)[O-])c1. The number of ketones is 1. The molecule has 17 aromatic rings. The van der Waals surface area contributed by atoms with E-state index in [2.05, 4.69) is 73.3 Å². The minimum Gasteiger partial charge on any atom is -0.465 e. The van der Waals surface area contributed by atoms with Crippen molar-refractivity contribution >= 4 is 156 Å². The number of anilines is 8. The maximum Gasteiger partial charge on any atom is 0.326 e. The van der Waals surface area contributed by atoms with Crippen LogP contribution in [0.2, 0.25) is 10.0 Å². The van der Waals surface area contributed by atoms with Crippen LogP contribution in [0, 0.1) is 61.8 Å². The van der Waals surface area contributed by atoms with Crippen LogP contribution in [0.4, 0.5) is 56.9 Å². The van der Waals surface area contributed by atoms with Gasteiger partial charge in [0.05, 0.1) is 99.3 Å². The fraction of sp³-hybridized carbons (Fsp3) is 0.125. The number of halogens is 2. The Kier molecular flexibility index (Phi) is 29.4. The van der Waals surface area contributed by atoms with Gasteiger partial charge in [-0.05, 0) is 248 Å². The molecule has 4 aromatic heterocycles. The first-order chi connectivity index (χ1) is 60.8. The van der Waals surface area contributed by atoms with Gasteiger partial charge in [0.15, 0.2) is 9.84 Å². The van der Waals surface area contributed by atoms with Crippen LogP contribution in [0.25, 0.3) is 61.2 Å². The summed E-state index contributed by atoms with van der Waals surface area (Å²) in [5.41, 5.74) is 34.8. The molecule has 9 N–H and O–H groups in total. The summed E-state index contributed by atoms with van der Waals surface area (Å²) in [6, 6.07) is 90.1. The Labute approximate surface area is 743 Å². The molecule has 31 heteroatoms. The van der Waals surface area contributed by atoms with Gasteiger partial charge in [-0.2, -0.15) is 0 Å². The first kappa shape index (κ1) is 91.2. The van der Waals surface area contributed by atoms with Gasteiger partial charge in [-0.15, -0.1) is 0 Å². The zero-order chi connectivity index (χ0) is 90.8. The zero-order valence-corrected chi connectivity index (χ0v) is 73.5. The molecule has 0 aliphatic carbocycles. The van der Waals surface area contributed by atoms with Gasteiger partial charge >= 0.3 is 5.97 Å². The molecule has 0 fully saturated rings. The van der Waals surface area contributed by atoms with Crippen LogP contribution in [0.15, 0.2) is 307 Å². The van der Waals surface area contributed by atoms with E-state index in [9.17, 15) is 46.7 Å². The van der Waals surface area contributed by atoms with Crippen molar-refractivity contribution in [1.82, 2.24) is 38.2 Å². The Bertz CT molecular complexity index is 7110. The number of nitro benzene ring substituents is 2. The smallest absolute Gasteiger partial charge is 0.326 e. The fourth-order valence-electron chi connectivity index (χ4n) is 14.0. The van der Waals surface area contributed by atoms with E-state index in [-0.39, 0.29) is 57.5 Å². The minimum atomic E-state index is -3.83. The lowest BCUT2D eigenvalue weighted by atomic mass is 10.1. The van der Waals surface area contributed by atoms with Crippen LogP contribution in [-0.4, -0.2) is 83.2 Å². The highest BCUT2D eigenvalue weighted by Gasteiger charge is 2.24. The average Bonchev–Trinajstić information content (AvgIpc) is 1.68. The normalized spacial score (nSPS) is 11.0. The summed E-state index contributed by atoms with van der Waals surface area (Å²) >= 11 is 12.2. The molecule has 27 nitrogen and oxygen atoms in total. The van der Waals surface area contributed by atoms with Gasteiger partial charge in [0.25, 0.3) is 21.4 Å². The number of Topliss-reactive ketones (excluding diaryl/α,β-unsaturated/α-hetero) is 1. The highest BCUT2D eigenvalue weighted by atomic mass is 35.5. The molecule has 0 aliphatic rings. The van der Waals surface area contributed by atoms with Gasteiger partial charge in [0.1, 0.15) is 41.3 Å². The Hall–Kier alpha value is -15.0. The van der Waals surface area contributed by atoms with Gasteiger partial charge < -0.3 is 37.1 Å². The van der Waals surface area contributed by atoms with E-state index >= 15 is 0 Å². The van der Waals surface area contributed by atoms with E-state index in [1.54, 1.807) is 118 Å². The van der Waals surface area contributed by atoms with Crippen molar-refractivity contribution in [3.63, 3.8) is 0 Å². The molecule has 0 aliphatic heterocycles. The van der Waals surface area contributed by atoms with Crippen molar-refractivity contribution in [3.8, 4) is 17.1 Å². The molecular formula is C96H90Cl2N16O11S2. The molecule has 0 saturated carbocycles. The van der Waals surface area contributed by atoms with Crippen LogP contribution >= 0.6 is 23.2 Å². The number of aromatic nitrogens is 8. The number of aryl methyl sites for hydroxylation is 4. The van der Waals surface area contributed by atoms with Crippen LogP contribution in [0.3, 0.4) is 0 Å². The van der Waals surface area contributed by atoms with Gasteiger partial charge in [0.2, 0.25) is 0 Å². The number of nitrogens with one attached hydrogen (secondary N) is 3. The lowest BCUT2D eigenvalue weighted by Crippen LogP contribution is -2.15. The van der Waals surface area contributed by atoms with E-state index in [0.29, 0.717) is 72.8 Å². The number of para-hydroxylation sites is 5. The summed E-state index contributed by atoms with van der Waals surface area (Å²) in [6.45, 7) is 14.7. The molecule has 0 unspecified atom stereocenters. The number of sulfone groups is 1. The van der Waals surface area contributed by atoms with E-state index in [1.165, 1.54) is 18.2 Å². The summed E-state index contributed by atoms with van der Waals surface area (Å²) in [5, 5.41) is 28.4. The number of esters is 1. The predicted molar refractivity (Wildman–Crippen MR) is 506 cm³/mol. The highest BCUT2D eigenvalue weighted by molar-refractivity contribution is 7.92. The third-order valence-corrected chi connectivity index (χ3v) is 24.1. The largest absolute Gasteiger partial charge is 0.465 e. The van der Waals surface area contributed by atoms with Crippen molar-refractivity contribution < 1.29 is 41.0 Å². The second-order valence-corrected chi connectivity index (χ2v) is 33.6. The van der Waals surface area contributed by atoms with Crippen molar-refractivity contribution in [2.75, 3.05) is 39.2 Å². The van der Waals surface area contributed by atoms with E-state index in [1.807, 2.05) is 191 Å². The molecule has 0 radical (unpaired) electrons. The monoisotopic (exact) mass is 1780 g/mol. The number of non-ortho nitro benzene ring substituents is 1. The number of nitro groups is 2.